The van der Waals surface area contributed by atoms with Crippen LogP contribution in [0.15, 0.2) is 18.2 Å². The molecule has 1 fully saturated rings. The minimum atomic E-state index is -0.817. The van der Waals surface area contributed by atoms with Gasteiger partial charge in [-0.15, -0.1) is 0 Å². The second kappa shape index (κ2) is 6.44. The van der Waals surface area contributed by atoms with Gasteiger partial charge in [-0.3, -0.25) is 0 Å². The van der Waals surface area contributed by atoms with Crippen molar-refractivity contribution in [3.05, 3.63) is 35.4 Å². The smallest absolute Gasteiger partial charge is 0.159 e. The van der Waals surface area contributed by atoms with E-state index in [4.69, 9.17) is 0 Å². The lowest BCUT2D eigenvalue weighted by atomic mass is 9.74. The highest BCUT2D eigenvalue weighted by Crippen LogP contribution is 2.35. The molecule has 4 heteroatoms. The Bertz CT molecular complexity index is 417. The van der Waals surface area contributed by atoms with Gasteiger partial charge in [0.05, 0.1) is 0 Å². The van der Waals surface area contributed by atoms with Crippen molar-refractivity contribution in [1.29, 1.82) is 0 Å². The Hall–Kier alpha value is -1.00. The van der Waals surface area contributed by atoms with Gasteiger partial charge in [0.15, 0.2) is 11.6 Å². The first-order chi connectivity index (χ1) is 9.15. The summed E-state index contributed by atoms with van der Waals surface area (Å²) in [5, 5.41) is 12.8. The van der Waals surface area contributed by atoms with Gasteiger partial charge in [0.1, 0.15) is 0 Å². The van der Waals surface area contributed by atoms with Crippen LogP contribution in [0.2, 0.25) is 0 Å². The molecule has 0 radical (unpaired) electrons. The molecule has 0 unspecified atom stereocenters. The normalized spacial score (nSPS) is 18.5. The molecule has 0 spiro atoms. The zero-order valence-electron chi connectivity index (χ0n) is 11.1. The van der Waals surface area contributed by atoms with E-state index < -0.39 is 11.6 Å². The first-order valence-electron chi connectivity index (χ1n) is 6.91. The number of halogens is 2. The van der Waals surface area contributed by atoms with E-state index in [0.29, 0.717) is 6.54 Å². The summed E-state index contributed by atoms with van der Waals surface area (Å²) in [5.74, 6) is -1.63. The lowest BCUT2D eigenvalue weighted by molar-refractivity contribution is 0.0810. The first-order valence-corrected chi connectivity index (χ1v) is 6.91. The number of hydrogen-bond acceptors (Lipinski definition) is 2. The zero-order chi connectivity index (χ0) is 13.7. The molecule has 1 aromatic rings. The molecule has 0 aliphatic heterocycles. The highest BCUT2D eigenvalue weighted by Gasteiger charge is 2.30. The molecule has 2 N–H and O–H groups in total. The van der Waals surface area contributed by atoms with E-state index in [0.717, 1.165) is 43.9 Å². The van der Waals surface area contributed by atoms with Crippen molar-refractivity contribution in [3.8, 4) is 0 Å². The first kappa shape index (κ1) is 14.4. The Morgan fingerprint density at radius 1 is 1.11 bits per heavy atom. The van der Waals surface area contributed by atoms with E-state index in [2.05, 4.69) is 5.32 Å². The van der Waals surface area contributed by atoms with Crippen LogP contribution in [0.1, 0.15) is 37.7 Å². The highest BCUT2D eigenvalue weighted by molar-refractivity contribution is 5.17. The predicted octanol–water partition coefficient (Wildman–Crippen LogP) is 3.00. The van der Waals surface area contributed by atoms with Gasteiger partial charge in [0, 0.05) is 25.1 Å². The average Bonchev–Trinajstić information content (AvgIpc) is 2.44. The monoisotopic (exact) mass is 269 g/mol. The van der Waals surface area contributed by atoms with Crippen LogP contribution in [0.3, 0.4) is 0 Å². The van der Waals surface area contributed by atoms with Crippen LogP contribution in [0.4, 0.5) is 8.78 Å². The van der Waals surface area contributed by atoms with Crippen molar-refractivity contribution >= 4 is 0 Å². The Morgan fingerprint density at radius 2 is 1.84 bits per heavy atom. The van der Waals surface area contributed by atoms with Crippen LogP contribution >= 0.6 is 0 Å². The fourth-order valence-corrected chi connectivity index (χ4v) is 2.81. The minimum absolute atomic E-state index is 0.0309. The molecule has 1 aliphatic carbocycles. The largest absolute Gasteiger partial charge is 0.396 e. The third-order valence-corrected chi connectivity index (χ3v) is 4.06. The second-order valence-electron chi connectivity index (χ2n) is 5.57. The number of aliphatic hydroxyl groups excluding tert-OH is 1. The third kappa shape index (κ3) is 3.74. The predicted molar refractivity (Wildman–Crippen MR) is 70.7 cm³/mol. The average molecular weight is 269 g/mol. The molecule has 2 nitrogen and oxygen atoms in total. The number of hydrogen-bond donors (Lipinski definition) is 2. The van der Waals surface area contributed by atoms with Crippen molar-refractivity contribution in [3.63, 3.8) is 0 Å². The molecule has 2 rings (SSSR count). The van der Waals surface area contributed by atoms with Crippen molar-refractivity contribution in [2.45, 2.75) is 38.6 Å². The number of nitrogens with one attached hydrogen (secondary N) is 1. The zero-order valence-corrected chi connectivity index (χ0v) is 11.1. The van der Waals surface area contributed by atoms with E-state index >= 15 is 0 Å². The molecule has 106 valence electrons. The molecular weight excluding hydrogens is 248 g/mol. The topological polar surface area (TPSA) is 32.3 Å². The molecule has 0 heterocycles. The van der Waals surface area contributed by atoms with Crippen molar-refractivity contribution < 1.29 is 13.9 Å². The van der Waals surface area contributed by atoms with E-state index in [-0.39, 0.29) is 12.0 Å². The van der Waals surface area contributed by atoms with Crippen LogP contribution < -0.4 is 5.32 Å². The summed E-state index contributed by atoms with van der Waals surface area (Å²) >= 11 is 0. The van der Waals surface area contributed by atoms with Crippen LogP contribution in [0.25, 0.3) is 0 Å². The summed E-state index contributed by atoms with van der Waals surface area (Å²) in [7, 11) is 0. The molecule has 0 bridgehead atoms. The summed E-state index contributed by atoms with van der Waals surface area (Å²) < 4.78 is 25.9. The molecule has 1 aliphatic rings. The van der Waals surface area contributed by atoms with E-state index in [1.165, 1.54) is 12.5 Å². The van der Waals surface area contributed by atoms with Crippen molar-refractivity contribution in [1.82, 2.24) is 5.32 Å². The molecular formula is C15H21F2NO. The summed E-state index contributed by atoms with van der Waals surface area (Å²) in [5.41, 5.74) is 0.694. The Balaban J connectivity index is 1.86. The van der Waals surface area contributed by atoms with Crippen LogP contribution in [-0.2, 0) is 6.54 Å². The maximum Gasteiger partial charge on any atom is 0.159 e. The molecule has 1 aromatic carbocycles. The van der Waals surface area contributed by atoms with E-state index in [9.17, 15) is 13.9 Å². The standard InChI is InChI=1S/C15H21F2NO/c16-13-5-4-12(8-14(13)17)9-18-10-15(11-19)6-2-1-3-7-15/h4-5,8,18-19H,1-3,6-7,9-11H2. The van der Waals surface area contributed by atoms with Crippen LogP contribution in [0, 0.1) is 17.0 Å². The Morgan fingerprint density at radius 3 is 2.47 bits per heavy atom. The molecule has 0 amide bonds. The van der Waals surface area contributed by atoms with E-state index in [1.54, 1.807) is 6.07 Å². The molecule has 0 aromatic heterocycles. The third-order valence-electron chi connectivity index (χ3n) is 4.06. The van der Waals surface area contributed by atoms with Crippen LogP contribution in [-0.4, -0.2) is 18.3 Å². The maximum absolute atomic E-state index is 13.1. The lowest BCUT2D eigenvalue weighted by Crippen LogP contribution is -2.38. The highest BCUT2D eigenvalue weighted by atomic mass is 19.2. The molecule has 0 saturated heterocycles. The quantitative estimate of drug-likeness (QED) is 0.861. The van der Waals surface area contributed by atoms with Crippen LogP contribution in [0.5, 0.6) is 0 Å². The van der Waals surface area contributed by atoms with Gasteiger partial charge in [-0.2, -0.15) is 0 Å². The van der Waals surface area contributed by atoms with Gasteiger partial charge in [-0.25, -0.2) is 8.78 Å². The Labute approximate surface area is 112 Å². The molecule has 19 heavy (non-hydrogen) atoms. The van der Waals surface area contributed by atoms with Gasteiger partial charge in [0.2, 0.25) is 0 Å². The maximum atomic E-state index is 13.1. The fraction of sp³-hybridized carbons (Fsp3) is 0.600. The van der Waals surface area contributed by atoms with E-state index in [1.807, 2.05) is 0 Å². The van der Waals surface area contributed by atoms with Gasteiger partial charge in [0.25, 0.3) is 0 Å². The van der Waals surface area contributed by atoms with Gasteiger partial charge in [-0.05, 0) is 30.5 Å². The molecule has 1 saturated carbocycles. The summed E-state index contributed by atoms with van der Waals surface area (Å²) in [6, 6.07) is 3.95. The van der Waals surface area contributed by atoms with Gasteiger partial charge >= 0.3 is 0 Å². The van der Waals surface area contributed by atoms with Crippen molar-refractivity contribution in [2.75, 3.05) is 13.2 Å². The Kier molecular flexibility index (Phi) is 4.88. The summed E-state index contributed by atoms with van der Waals surface area (Å²) in [4.78, 5) is 0. The summed E-state index contributed by atoms with van der Waals surface area (Å²) in [6.07, 6.45) is 5.63. The fourth-order valence-electron chi connectivity index (χ4n) is 2.81. The number of benzene rings is 1. The minimum Gasteiger partial charge on any atom is -0.396 e. The summed E-state index contributed by atoms with van der Waals surface area (Å²) in [6.45, 7) is 1.42. The number of rotatable bonds is 5. The second-order valence-corrected chi connectivity index (χ2v) is 5.57. The van der Waals surface area contributed by atoms with Gasteiger partial charge in [-0.1, -0.05) is 25.3 Å². The van der Waals surface area contributed by atoms with Gasteiger partial charge < -0.3 is 10.4 Å². The molecule has 0 atom stereocenters. The SMILES string of the molecule is OCC1(CNCc2ccc(F)c(F)c2)CCCCC1. The number of aliphatic hydroxyl groups is 1. The van der Waals surface area contributed by atoms with Crippen molar-refractivity contribution in [2.24, 2.45) is 5.41 Å². The lowest BCUT2D eigenvalue weighted by Gasteiger charge is -2.35.